The number of aliphatic hydroxyl groups is 1. The fourth-order valence-corrected chi connectivity index (χ4v) is 7.84. The van der Waals surface area contributed by atoms with Crippen molar-refractivity contribution in [1.82, 2.24) is 5.32 Å². The Hall–Kier alpha value is -3.32. The number of hydrogen-bond acceptors (Lipinski definition) is 6. The fraction of sp³-hybridized carbons (Fsp3) is 0.610. The van der Waals surface area contributed by atoms with E-state index in [4.69, 9.17) is 4.74 Å². The summed E-state index contributed by atoms with van der Waals surface area (Å²) in [4.78, 5) is 53.6. The van der Waals surface area contributed by atoms with Crippen LogP contribution in [0.3, 0.4) is 0 Å². The van der Waals surface area contributed by atoms with E-state index >= 15 is 0 Å². The maximum Gasteiger partial charge on any atom is 0.309 e. The van der Waals surface area contributed by atoms with E-state index in [1.807, 2.05) is 32.9 Å². The van der Waals surface area contributed by atoms with Crippen molar-refractivity contribution < 1.29 is 29.0 Å². The summed E-state index contributed by atoms with van der Waals surface area (Å²) in [5.41, 5.74) is 2.55. The molecule has 3 rings (SSSR count). The summed E-state index contributed by atoms with van der Waals surface area (Å²) in [6, 6.07) is 0. The number of nitrogens with one attached hydrogen (secondary N) is 1. The molecule has 0 aromatic rings. The molecule has 3 aliphatic rings. The summed E-state index contributed by atoms with van der Waals surface area (Å²) >= 11 is 0. The molecule has 7 heteroatoms. The number of esters is 1. The first-order valence-electron chi connectivity index (χ1n) is 18.0. The van der Waals surface area contributed by atoms with Crippen molar-refractivity contribution in [3.05, 3.63) is 70.9 Å². The highest BCUT2D eigenvalue weighted by Crippen LogP contribution is 2.51. The van der Waals surface area contributed by atoms with E-state index in [0.717, 1.165) is 50.5 Å². The molecular formula is C41H59NO6. The first-order valence-corrected chi connectivity index (χ1v) is 18.0. The van der Waals surface area contributed by atoms with Crippen molar-refractivity contribution in [2.75, 3.05) is 6.61 Å². The van der Waals surface area contributed by atoms with Crippen LogP contribution in [0.25, 0.3) is 0 Å². The van der Waals surface area contributed by atoms with E-state index in [-0.39, 0.29) is 42.0 Å². The topological polar surface area (TPSA) is 110 Å². The van der Waals surface area contributed by atoms with Crippen molar-refractivity contribution in [1.29, 1.82) is 0 Å². The number of imide groups is 1. The standard InChI is InChI=1S/C41H59NO6/c1-9-11-12-19-31(10-2)34-35(39(45)42-38(34)44)37(43)33-29(7)20-22-41(47)25-32(24-30(8)36(33)41)40(46)48-23-21-28(6)18-14-17-27(5)16-13-15-26(3)4/h10,15,17,20-22,29-33,36,47H,2,9,11-14,16,18-19,23-25H2,1,3-8H3,(H,42,44,45). The van der Waals surface area contributed by atoms with Crippen LogP contribution in [0.15, 0.2) is 70.9 Å². The van der Waals surface area contributed by atoms with Crippen LogP contribution in [0.2, 0.25) is 0 Å². The first-order chi connectivity index (χ1) is 22.7. The molecule has 1 heterocycles. The number of ether oxygens (including phenoxy) is 1. The molecule has 7 unspecified atom stereocenters. The second-order valence-electron chi connectivity index (χ2n) is 14.7. The molecule has 1 saturated carbocycles. The van der Waals surface area contributed by atoms with E-state index in [9.17, 15) is 24.3 Å². The highest BCUT2D eigenvalue weighted by Gasteiger charge is 2.56. The molecule has 0 aromatic heterocycles. The van der Waals surface area contributed by atoms with Gasteiger partial charge >= 0.3 is 5.97 Å². The first kappa shape index (κ1) is 39.1. The normalized spacial score (nSPS) is 28.1. The summed E-state index contributed by atoms with van der Waals surface area (Å²) in [5, 5.41) is 14.4. The Morgan fingerprint density at radius 2 is 1.71 bits per heavy atom. The van der Waals surface area contributed by atoms with Gasteiger partial charge in [0.25, 0.3) is 11.8 Å². The molecule has 1 fully saturated rings. The van der Waals surface area contributed by atoms with Gasteiger partial charge in [-0.25, -0.2) is 0 Å². The minimum atomic E-state index is -1.42. The molecule has 0 saturated heterocycles. The van der Waals surface area contributed by atoms with Crippen molar-refractivity contribution >= 4 is 23.6 Å². The SMILES string of the molecule is C=CC(CCCCC)C1=C(C(=O)C2C(C)C=CC3(O)CC(C(=O)OCC=C(C)CCC=C(C)CCC=C(C)C)CC(C)C23)C(=O)NC1=O. The minimum Gasteiger partial charge on any atom is -0.461 e. The van der Waals surface area contributed by atoms with Crippen molar-refractivity contribution in [2.45, 2.75) is 118 Å². The molecule has 0 spiro atoms. The number of carbonyl (C=O) groups excluding carboxylic acids is 4. The van der Waals surface area contributed by atoms with Gasteiger partial charge < -0.3 is 9.84 Å². The van der Waals surface area contributed by atoms with E-state index in [1.165, 1.54) is 11.1 Å². The lowest BCUT2D eigenvalue weighted by Gasteiger charge is -2.51. The van der Waals surface area contributed by atoms with Crippen LogP contribution in [0, 0.1) is 35.5 Å². The Balaban J connectivity index is 1.69. The highest BCUT2D eigenvalue weighted by molar-refractivity contribution is 6.33. The third-order valence-electron chi connectivity index (χ3n) is 10.5. The van der Waals surface area contributed by atoms with E-state index in [1.54, 1.807) is 12.2 Å². The largest absolute Gasteiger partial charge is 0.461 e. The molecule has 0 radical (unpaired) electrons. The smallest absolute Gasteiger partial charge is 0.309 e. The van der Waals surface area contributed by atoms with Crippen LogP contribution in [0.4, 0.5) is 0 Å². The minimum absolute atomic E-state index is 0.0961. The third kappa shape index (κ3) is 9.87. The second kappa shape index (κ2) is 17.9. The Morgan fingerprint density at radius 1 is 1.04 bits per heavy atom. The Kier molecular flexibility index (Phi) is 14.6. The number of allylic oxidation sites excluding steroid dienone is 7. The zero-order valence-corrected chi connectivity index (χ0v) is 30.4. The molecule has 48 heavy (non-hydrogen) atoms. The van der Waals surface area contributed by atoms with Gasteiger partial charge in [-0.1, -0.05) is 87.1 Å². The van der Waals surface area contributed by atoms with Crippen LogP contribution >= 0.6 is 0 Å². The van der Waals surface area contributed by atoms with Crippen molar-refractivity contribution in [2.24, 2.45) is 35.5 Å². The quantitative estimate of drug-likeness (QED) is 0.0537. The van der Waals surface area contributed by atoms with E-state index < -0.39 is 46.9 Å². The van der Waals surface area contributed by atoms with Crippen LogP contribution in [0.1, 0.15) is 113 Å². The maximum atomic E-state index is 14.3. The third-order valence-corrected chi connectivity index (χ3v) is 10.5. The van der Waals surface area contributed by atoms with E-state index in [0.29, 0.717) is 12.8 Å². The zero-order chi connectivity index (χ0) is 35.6. The van der Waals surface area contributed by atoms with E-state index in [2.05, 4.69) is 51.7 Å². The molecule has 1 aliphatic heterocycles. The Bertz CT molecular complexity index is 1370. The fourth-order valence-electron chi connectivity index (χ4n) is 7.84. The lowest BCUT2D eigenvalue weighted by atomic mass is 9.55. The van der Waals surface area contributed by atoms with Gasteiger partial charge in [-0.05, 0) is 90.6 Å². The molecule has 7 nitrogen and oxygen atoms in total. The van der Waals surface area contributed by atoms with Gasteiger partial charge in [-0.15, -0.1) is 6.58 Å². The monoisotopic (exact) mass is 661 g/mol. The number of ketones is 1. The molecule has 2 aliphatic carbocycles. The van der Waals surface area contributed by atoms with Gasteiger partial charge in [0.2, 0.25) is 0 Å². The summed E-state index contributed by atoms with van der Waals surface area (Å²) in [6.07, 6.45) is 19.7. The lowest BCUT2D eigenvalue weighted by Crippen LogP contribution is -2.55. The summed E-state index contributed by atoms with van der Waals surface area (Å²) in [7, 11) is 0. The summed E-state index contributed by atoms with van der Waals surface area (Å²) in [6.45, 7) is 18.5. The molecule has 0 aromatic carbocycles. The molecule has 0 bridgehead atoms. The number of amides is 2. The number of unbranched alkanes of at least 4 members (excludes halogenated alkanes) is 2. The zero-order valence-electron chi connectivity index (χ0n) is 30.4. The number of carbonyl (C=O) groups is 4. The molecule has 264 valence electrons. The van der Waals surface area contributed by atoms with Gasteiger partial charge in [0.05, 0.1) is 17.1 Å². The molecule has 7 atom stereocenters. The van der Waals surface area contributed by atoms with Gasteiger partial charge in [0.1, 0.15) is 6.61 Å². The number of rotatable bonds is 17. The second-order valence-corrected chi connectivity index (χ2v) is 14.7. The van der Waals surface area contributed by atoms with Gasteiger partial charge in [-0.3, -0.25) is 24.5 Å². The number of hydrogen-bond donors (Lipinski definition) is 2. The van der Waals surface area contributed by atoms with Gasteiger partial charge in [0, 0.05) is 23.3 Å². The van der Waals surface area contributed by atoms with Crippen LogP contribution in [-0.4, -0.2) is 40.9 Å². The molecular weight excluding hydrogens is 602 g/mol. The predicted octanol–water partition coefficient (Wildman–Crippen LogP) is 8.07. The number of Topliss-reactive ketones (excluding diaryl/α,β-unsaturated/α-hetero) is 1. The lowest BCUT2D eigenvalue weighted by molar-refractivity contribution is -0.159. The summed E-state index contributed by atoms with van der Waals surface area (Å²) < 4.78 is 5.68. The van der Waals surface area contributed by atoms with Crippen molar-refractivity contribution in [3.8, 4) is 0 Å². The maximum absolute atomic E-state index is 14.3. The van der Waals surface area contributed by atoms with Crippen LogP contribution < -0.4 is 5.32 Å². The predicted molar refractivity (Wildman–Crippen MR) is 192 cm³/mol. The molecule has 2 N–H and O–H groups in total. The van der Waals surface area contributed by atoms with Gasteiger partial charge in [0.15, 0.2) is 5.78 Å². The van der Waals surface area contributed by atoms with Crippen molar-refractivity contribution in [3.63, 3.8) is 0 Å². The highest BCUT2D eigenvalue weighted by atomic mass is 16.5. The Morgan fingerprint density at radius 3 is 2.35 bits per heavy atom. The number of fused-ring (bicyclic) bond motifs is 1. The summed E-state index contributed by atoms with van der Waals surface area (Å²) in [5.74, 6) is -4.63. The average molecular weight is 662 g/mol. The van der Waals surface area contributed by atoms with Crippen LogP contribution in [0.5, 0.6) is 0 Å². The Labute approximate surface area is 288 Å². The molecule has 2 amide bonds. The van der Waals surface area contributed by atoms with Crippen LogP contribution in [-0.2, 0) is 23.9 Å². The van der Waals surface area contributed by atoms with Gasteiger partial charge in [-0.2, -0.15) is 0 Å². The average Bonchev–Trinajstić information content (AvgIpc) is 3.32.